The molecule has 2 aliphatic rings. The summed E-state index contributed by atoms with van der Waals surface area (Å²) < 4.78 is 5.05. The van der Waals surface area contributed by atoms with E-state index in [9.17, 15) is 4.79 Å². The van der Waals surface area contributed by atoms with Gasteiger partial charge in [0.15, 0.2) is 0 Å². The Morgan fingerprint density at radius 2 is 2.09 bits per heavy atom. The van der Waals surface area contributed by atoms with Crippen molar-refractivity contribution >= 4 is 11.7 Å². The van der Waals surface area contributed by atoms with Gasteiger partial charge in [-0.15, -0.1) is 0 Å². The molecule has 0 spiro atoms. The summed E-state index contributed by atoms with van der Waals surface area (Å²) in [7, 11) is 0. The Kier molecular flexibility index (Phi) is 3.32. The number of piperidine rings is 1. The number of urea groups is 1. The van der Waals surface area contributed by atoms with Gasteiger partial charge in [-0.25, -0.2) is 4.79 Å². The van der Waals surface area contributed by atoms with Crippen LogP contribution in [0.5, 0.6) is 0 Å². The highest BCUT2D eigenvalue weighted by Gasteiger charge is 2.44. The maximum atomic E-state index is 12.5. The molecule has 0 saturated carbocycles. The van der Waals surface area contributed by atoms with Crippen molar-refractivity contribution in [3.8, 4) is 11.4 Å². The zero-order valence-electron chi connectivity index (χ0n) is 13.4. The molecule has 2 unspecified atom stereocenters. The highest BCUT2D eigenvalue weighted by molar-refractivity contribution is 5.91. The molecule has 6 nitrogen and oxygen atoms in total. The van der Waals surface area contributed by atoms with E-state index in [0.29, 0.717) is 23.8 Å². The molecule has 0 radical (unpaired) electrons. The highest BCUT2D eigenvalue weighted by atomic mass is 16.5. The Hall–Kier alpha value is -2.37. The maximum Gasteiger partial charge on any atom is 0.322 e. The Morgan fingerprint density at radius 1 is 1.30 bits per heavy atom. The fraction of sp³-hybridized carbons (Fsp3) is 0.471. The SMILES string of the molecule is Cc1nc(-c2cc(NC(=O)N3C4CCCC3C4)ccc2C)no1. The molecule has 1 N–H and O–H groups in total. The summed E-state index contributed by atoms with van der Waals surface area (Å²) in [6.45, 7) is 3.76. The van der Waals surface area contributed by atoms with E-state index in [2.05, 4.69) is 15.5 Å². The molecule has 2 bridgehead atoms. The van der Waals surface area contributed by atoms with Gasteiger partial charge in [0.25, 0.3) is 0 Å². The van der Waals surface area contributed by atoms with Gasteiger partial charge in [0, 0.05) is 30.3 Å². The molecule has 120 valence electrons. The number of benzene rings is 1. The largest absolute Gasteiger partial charge is 0.339 e. The summed E-state index contributed by atoms with van der Waals surface area (Å²) in [4.78, 5) is 18.8. The number of carbonyl (C=O) groups is 1. The van der Waals surface area contributed by atoms with Gasteiger partial charge in [0.05, 0.1) is 0 Å². The minimum Gasteiger partial charge on any atom is -0.339 e. The predicted molar refractivity (Wildman–Crippen MR) is 86.1 cm³/mol. The fourth-order valence-electron chi connectivity index (χ4n) is 3.67. The average molecular weight is 312 g/mol. The maximum absolute atomic E-state index is 12.5. The van der Waals surface area contributed by atoms with Gasteiger partial charge >= 0.3 is 6.03 Å². The molecule has 23 heavy (non-hydrogen) atoms. The van der Waals surface area contributed by atoms with E-state index < -0.39 is 0 Å². The zero-order chi connectivity index (χ0) is 16.0. The van der Waals surface area contributed by atoms with E-state index in [1.807, 2.05) is 30.0 Å². The third-order valence-corrected chi connectivity index (χ3v) is 4.90. The van der Waals surface area contributed by atoms with Gasteiger partial charge in [0.1, 0.15) is 0 Å². The molecule has 1 aromatic heterocycles. The van der Waals surface area contributed by atoms with Crippen LogP contribution >= 0.6 is 0 Å². The second-order valence-electron chi connectivity index (χ2n) is 6.48. The molecule has 6 heteroatoms. The number of carbonyl (C=O) groups excluding carboxylic acids is 1. The van der Waals surface area contributed by atoms with Crippen LogP contribution in [0.25, 0.3) is 11.4 Å². The summed E-state index contributed by atoms with van der Waals surface area (Å²) in [5.41, 5.74) is 2.69. The lowest BCUT2D eigenvalue weighted by molar-refractivity contribution is 0.0173. The van der Waals surface area contributed by atoms with Gasteiger partial charge < -0.3 is 14.7 Å². The molecule has 0 aliphatic carbocycles. The number of nitrogens with zero attached hydrogens (tertiary/aromatic N) is 3. The molecule has 2 atom stereocenters. The van der Waals surface area contributed by atoms with Gasteiger partial charge in [0.2, 0.25) is 11.7 Å². The lowest BCUT2D eigenvalue weighted by Crippen LogP contribution is -2.62. The monoisotopic (exact) mass is 312 g/mol. The number of fused-ring (bicyclic) bond motifs is 2. The Bertz CT molecular complexity index is 741. The molecular weight excluding hydrogens is 292 g/mol. The normalized spacial score (nSPS) is 22.6. The van der Waals surface area contributed by atoms with Crippen molar-refractivity contribution in [1.82, 2.24) is 15.0 Å². The third-order valence-electron chi connectivity index (χ3n) is 4.90. The van der Waals surface area contributed by atoms with Crippen LogP contribution in [0.1, 0.15) is 37.1 Å². The number of hydrogen-bond acceptors (Lipinski definition) is 4. The minimum absolute atomic E-state index is 0.00467. The number of rotatable bonds is 2. The number of anilines is 1. The van der Waals surface area contributed by atoms with Crippen LogP contribution in [0.2, 0.25) is 0 Å². The van der Waals surface area contributed by atoms with Crippen LogP contribution in [-0.2, 0) is 0 Å². The van der Waals surface area contributed by atoms with E-state index in [-0.39, 0.29) is 6.03 Å². The first kappa shape index (κ1) is 14.2. The highest BCUT2D eigenvalue weighted by Crippen LogP contribution is 2.38. The first-order chi connectivity index (χ1) is 11.1. The molecule has 1 aromatic carbocycles. The standard InChI is InChI=1S/C17H20N4O2/c1-10-6-7-12(8-15(10)16-18-11(2)23-20-16)19-17(22)21-13-4-3-5-14(21)9-13/h6-8,13-14H,3-5,9H2,1-2H3,(H,19,22). The van der Waals surface area contributed by atoms with Crippen molar-refractivity contribution in [2.24, 2.45) is 0 Å². The molecule has 2 aromatic rings. The fourth-order valence-corrected chi connectivity index (χ4v) is 3.67. The Labute approximate surface area is 134 Å². The molecule has 2 amide bonds. The lowest BCUT2D eigenvalue weighted by atomic mass is 9.80. The Morgan fingerprint density at radius 3 is 2.74 bits per heavy atom. The van der Waals surface area contributed by atoms with Crippen LogP contribution in [0.4, 0.5) is 10.5 Å². The van der Waals surface area contributed by atoms with E-state index in [4.69, 9.17) is 4.52 Å². The second-order valence-corrected chi connectivity index (χ2v) is 6.48. The summed E-state index contributed by atoms with van der Waals surface area (Å²) in [5.74, 6) is 1.08. The number of amides is 2. The number of nitrogens with one attached hydrogen (secondary N) is 1. The van der Waals surface area contributed by atoms with Crippen molar-refractivity contribution < 1.29 is 9.32 Å². The van der Waals surface area contributed by atoms with Crippen molar-refractivity contribution in [3.63, 3.8) is 0 Å². The first-order valence-electron chi connectivity index (χ1n) is 8.12. The van der Waals surface area contributed by atoms with Crippen LogP contribution in [0.3, 0.4) is 0 Å². The van der Waals surface area contributed by atoms with E-state index in [1.165, 1.54) is 6.42 Å². The first-order valence-corrected chi connectivity index (χ1v) is 8.12. The third kappa shape index (κ3) is 2.48. The molecule has 2 saturated heterocycles. The molecule has 2 fully saturated rings. The quantitative estimate of drug-likeness (QED) is 0.921. The van der Waals surface area contributed by atoms with Crippen LogP contribution < -0.4 is 5.32 Å². The summed E-state index contributed by atoms with van der Waals surface area (Å²) >= 11 is 0. The van der Waals surface area contributed by atoms with Gasteiger partial charge in [-0.2, -0.15) is 4.98 Å². The van der Waals surface area contributed by atoms with Gasteiger partial charge in [-0.3, -0.25) is 0 Å². The molecule has 4 rings (SSSR count). The van der Waals surface area contributed by atoms with Crippen LogP contribution in [0.15, 0.2) is 22.7 Å². The number of hydrogen-bond donors (Lipinski definition) is 1. The van der Waals surface area contributed by atoms with Crippen molar-refractivity contribution in [1.29, 1.82) is 0 Å². The lowest BCUT2D eigenvalue weighted by Gasteiger charge is -2.52. The summed E-state index contributed by atoms with van der Waals surface area (Å²) in [6.07, 6.45) is 4.66. The number of aromatic nitrogens is 2. The predicted octanol–water partition coefficient (Wildman–Crippen LogP) is 3.51. The van der Waals surface area contributed by atoms with Gasteiger partial charge in [-0.1, -0.05) is 11.2 Å². The van der Waals surface area contributed by atoms with Crippen molar-refractivity contribution in [3.05, 3.63) is 29.7 Å². The zero-order valence-corrected chi connectivity index (χ0v) is 13.4. The average Bonchev–Trinajstić information content (AvgIpc) is 2.96. The summed E-state index contributed by atoms with van der Waals surface area (Å²) in [5, 5.41) is 6.98. The molecule has 3 heterocycles. The molecular formula is C17H20N4O2. The van der Waals surface area contributed by atoms with Gasteiger partial charge in [-0.05, 0) is 50.3 Å². The van der Waals surface area contributed by atoms with E-state index >= 15 is 0 Å². The van der Waals surface area contributed by atoms with Crippen molar-refractivity contribution in [2.75, 3.05) is 5.32 Å². The second kappa shape index (κ2) is 5.37. The summed E-state index contributed by atoms with van der Waals surface area (Å²) in [6, 6.07) is 6.65. The smallest absolute Gasteiger partial charge is 0.322 e. The minimum atomic E-state index is 0.00467. The van der Waals surface area contributed by atoms with E-state index in [1.54, 1.807) is 6.92 Å². The van der Waals surface area contributed by atoms with E-state index in [0.717, 1.165) is 36.1 Å². The Balaban J connectivity index is 1.54. The van der Waals surface area contributed by atoms with Crippen molar-refractivity contribution in [2.45, 2.75) is 51.6 Å². The number of aryl methyl sites for hydroxylation is 2. The van der Waals surface area contributed by atoms with Crippen LogP contribution in [-0.4, -0.2) is 33.2 Å². The molecule has 2 aliphatic heterocycles. The topological polar surface area (TPSA) is 71.3 Å². The van der Waals surface area contributed by atoms with Crippen LogP contribution in [0, 0.1) is 13.8 Å².